The highest BCUT2D eigenvalue weighted by molar-refractivity contribution is 5.85. The first-order valence-electron chi connectivity index (χ1n) is 7.50. The fourth-order valence-electron chi connectivity index (χ4n) is 3.44. The number of halogens is 1. The number of amides is 1. The van der Waals surface area contributed by atoms with Crippen LogP contribution in [0.25, 0.3) is 0 Å². The molecule has 0 radical (unpaired) electrons. The Morgan fingerprint density at radius 3 is 2.74 bits per heavy atom. The van der Waals surface area contributed by atoms with Gasteiger partial charge in [0.2, 0.25) is 5.91 Å². The Kier molecular flexibility index (Phi) is 6.13. The van der Waals surface area contributed by atoms with Gasteiger partial charge < -0.3 is 10.2 Å². The zero-order chi connectivity index (χ0) is 13.2. The molecule has 3 nitrogen and oxygen atoms in total. The maximum atomic E-state index is 12.4. The van der Waals surface area contributed by atoms with Crippen molar-refractivity contribution in [1.82, 2.24) is 10.2 Å². The van der Waals surface area contributed by atoms with Gasteiger partial charge in [-0.05, 0) is 31.1 Å². The average Bonchev–Trinajstić information content (AvgIpc) is 2.31. The lowest BCUT2D eigenvalue weighted by Crippen LogP contribution is -2.52. The third kappa shape index (κ3) is 4.35. The van der Waals surface area contributed by atoms with Crippen LogP contribution in [0.1, 0.15) is 52.9 Å². The van der Waals surface area contributed by atoms with Gasteiger partial charge >= 0.3 is 0 Å². The van der Waals surface area contributed by atoms with E-state index in [1.54, 1.807) is 0 Å². The highest BCUT2D eigenvalue weighted by Gasteiger charge is 2.34. The molecule has 0 bridgehead atoms. The largest absolute Gasteiger partial charge is 0.340 e. The van der Waals surface area contributed by atoms with Gasteiger partial charge in [-0.25, -0.2) is 0 Å². The van der Waals surface area contributed by atoms with Crippen molar-refractivity contribution in [3.05, 3.63) is 0 Å². The Balaban J connectivity index is 0.00000180. The molecule has 1 unspecified atom stereocenters. The van der Waals surface area contributed by atoms with Crippen LogP contribution in [0, 0.1) is 11.3 Å². The van der Waals surface area contributed by atoms with Gasteiger partial charge in [-0.1, -0.05) is 26.7 Å². The Hall–Kier alpha value is -0.280. The van der Waals surface area contributed by atoms with Crippen LogP contribution in [0.4, 0.5) is 0 Å². The monoisotopic (exact) mass is 288 g/mol. The minimum Gasteiger partial charge on any atom is -0.340 e. The van der Waals surface area contributed by atoms with Crippen LogP contribution >= 0.6 is 12.4 Å². The number of carbonyl (C=O) groups is 1. The third-order valence-electron chi connectivity index (χ3n) is 4.87. The Morgan fingerprint density at radius 2 is 2.11 bits per heavy atom. The van der Waals surface area contributed by atoms with Gasteiger partial charge in [-0.15, -0.1) is 12.4 Å². The van der Waals surface area contributed by atoms with Crippen molar-refractivity contribution in [1.29, 1.82) is 0 Å². The second-order valence-electron chi connectivity index (χ2n) is 6.83. The molecule has 0 aromatic carbocycles. The van der Waals surface area contributed by atoms with E-state index in [2.05, 4.69) is 31.0 Å². The van der Waals surface area contributed by atoms with Crippen LogP contribution in [-0.4, -0.2) is 36.5 Å². The topological polar surface area (TPSA) is 32.3 Å². The Morgan fingerprint density at radius 1 is 1.37 bits per heavy atom. The van der Waals surface area contributed by atoms with E-state index in [1.807, 2.05) is 0 Å². The molecule has 1 heterocycles. The van der Waals surface area contributed by atoms with Crippen LogP contribution in [0.5, 0.6) is 0 Å². The summed E-state index contributed by atoms with van der Waals surface area (Å²) < 4.78 is 0. The summed E-state index contributed by atoms with van der Waals surface area (Å²) in [5.74, 6) is 0.965. The van der Waals surface area contributed by atoms with Gasteiger partial charge in [-0.3, -0.25) is 4.79 Å². The predicted molar refractivity (Wildman–Crippen MR) is 81.6 cm³/mol. The van der Waals surface area contributed by atoms with Crippen LogP contribution < -0.4 is 5.32 Å². The molecule has 1 N–H and O–H groups in total. The van der Waals surface area contributed by atoms with Gasteiger partial charge in [0.05, 0.1) is 0 Å². The van der Waals surface area contributed by atoms with Crippen LogP contribution in [-0.2, 0) is 4.79 Å². The molecule has 1 amide bonds. The van der Waals surface area contributed by atoms with E-state index in [0.717, 1.165) is 26.1 Å². The maximum absolute atomic E-state index is 12.4. The lowest BCUT2D eigenvalue weighted by Gasteiger charge is -2.40. The quantitative estimate of drug-likeness (QED) is 0.847. The fraction of sp³-hybridized carbons (Fsp3) is 0.933. The summed E-state index contributed by atoms with van der Waals surface area (Å²) in [4.78, 5) is 14.5. The first kappa shape index (κ1) is 16.8. The zero-order valence-corrected chi connectivity index (χ0v) is 13.4. The van der Waals surface area contributed by atoms with E-state index in [4.69, 9.17) is 0 Å². The highest BCUT2D eigenvalue weighted by atomic mass is 35.5. The van der Waals surface area contributed by atoms with Gasteiger partial charge in [-0.2, -0.15) is 0 Å². The van der Waals surface area contributed by atoms with Crippen molar-refractivity contribution in [2.45, 2.75) is 58.9 Å². The minimum atomic E-state index is 0. The molecular formula is C15H29ClN2O. The molecule has 1 saturated heterocycles. The van der Waals surface area contributed by atoms with Gasteiger partial charge in [0.1, 0.15) is 0 Å². The summed E-state index contributed by atoms with van der Waals surface area (Å²) in [6, 6.07) is 0.446. The molecule has 112 valence electrons. The van der Waals surface area contributed by atoms with Gasteiger partial charge in [0.25, 0.3) is 0 Å². The summed E-state index contributed by atoms with van der Waals surface area (Å²) in [6.45, 7) is 9.54. The highest BCUT2D eigenvalue weighted by Crippen LogP contribution is 2.42. The molecule has 0 spiro atoms. The van der Waals surface area contributed by atoms with Crippen molar-refractivity contribution in [2.24, 2.45) is 11.3 Å². The molecule has 0 aromatic heterocycles. The summed E-state index contributed by atoms with van der Waals surface area (Å²) in [5.41, 5.74) is 0.355. The molecule has 2 fully saturated rings. The van der Waals surface area contributed by atoms with E-state index in [1.165, 1.54) is 25.7 Å². The normalized spacial score (nSPS) is 30.6. The predicted octanol–water partition coefficient (Wildman–Crippen LogP) is 2.84. The van der Waals surface area contributed by atoms with Gasteiger partial charge in [0, 0.05) is 32.1 Å². The molecule has 1 aliphatic heterocycles. The van der Waals surface area contributed by atoms with Crippen molar-refractivity contribution < 1.29 is 4.79 Å². The average molecular weight is 289 g/mol. The van der Waals surface area contributed by atoms with Crippen LogP contribution in [0.2, 0.25) is 0 Å². The van der Waals surface area contributed by atoms with Crippen molar-refractivity contribution >= 4 is 18.3 Å². The molecule has 2 atom stereocenters. The molecular weight excluding hydrogens is 260 g/mol. The number of piperazine rings is 1. The second-order valence-corrected chi connectivity index (χ2v) is 6.83. The first-order chi connectivity index (χ1) is 8.49. The number of nitrogens with zero attached hydrogens (tertiary/aromatic N) is 1. The number of nitrogens with one attached hydrogen (secondary N) is 1. The van der Waals surface area contributed by atoms with Crippen LogP contribution in [0.15, 0.2) is 0 Å². The third-order valence-corrected chi connectivity index (χ3v) is 4.87. The SMILES string of the molecule is C[C@@H]1CN(C(=O)CC2CCCCC2(C)C)CCN1.Cl. The molecule has 1 saturated carbocycles. The minimum absolute atomic E-state index is 0. The molecule has 0 aromatic rings. The Labute approximate surface area is 123 Å². The lowest BCUT2D eigenvalue weighted by atomic mass is 9.67. The van der Waals surface area contributed by atoms with Gasteiger partial charge in [0.15, 0.2) is 0 Å². The molecule has 19 heavy (non-hydrogen) atoms. The van der Waals surface area contributed by atoms with Crippen molar-refractivity contribution in [2.75, 3.05) is 19.6 Å². The maximum Gasteiger partial charge on any atom is 0.222 e. The summed E-state index contributed by atoms with van der Waals surface area (Å²) in [7, 11) is 0. The standard InChI is InChI=1S/C15H28N2O.ClH/c1-12-11-17(9-8-16-12)14(18)10-13-6-4-5-7-15(13,2)3;/h12-13,16H,4-11H2,1-3H3;1H/t12-,13?;/m1./s1. The molecule has 4 heteroatoms. The molecule has 2 aliphatic rings. The number of hydrogen-bond donors (Lipinski definition) is 1. The number of hydrogen-bond acceptors (Lipinski definition) is 2. The van der Waals surface area contributed by atoms with Crippen molar-refractivity contribution in [3.63, 3.8) is 0 Å². The smallest absolute Gasteiger partial charge is 0.222 e. The number of rotatable bonds is 2. The van der Waals surface area contributed by atoms with Crippen LogP contribution in [0.3, 0.4) is 0 Å². The van der Waals surface area contributed by atoms with E-state index in [0.29, 0.717) is 23.3 Å². The first-order valence-corrected chi connectivity index (χ1v) is 7.50. The van der Waals surface area contributed by atoms with E-state index in [9.17, 15) is 4.79 Å². The Bertz CT molecular complexity index is 307. The summed E-state index contributed by atoms with van der Waals surface area (Å²) in [5, 5.41) is 3.39. The molecule has 1 aliphatic carbocycles. The lowest BCUT2D eigenvalue weighted by molar-refractivity contribution is -0.134. The van der Waals surface area contributed by atoms with E-state index in [-0.39, 0.29) is 12.4 Å². The van der Waals surface area contributed by atoms with E-state index < -0.39 is 0 Å². The summed E-state index contributed by atoms with van der Waals surface area (Å²) in [6.07, 6.45) is 5.92. The fourth-order valence-corrected chi connectivity index (χ4v) is 3.44. The summed E-state index contributed by atoms with van der Waals surface area (Å²) >= 11 is 0. The van der Waals surface area contributed by atoms with E-state index >= 15 is 0 Å². The van der Waals surface area contributed by atoms with Crippen molar-refractivity contribution in [3.8, 4) is 0 Å². The number of carbonyl (C=O) groups excluding carboxylic acids is 1. The second kappa shape index (κ2) is 6.94. The molecule has 2 rings (SSSR count). The zero-order valence-electron chi connectivity index (χ0n) is 12.6.